The van der Waals surface area contributed by atoms with Crippen LogP contribution in [0.5, 0.6) is 0 Å². The normalized spacial score (nSPS) is 20.6. The zero-order valence-electron chi connectivity index (χ0n) is 9.33. The lowest BCUT2D eigenvalue weighted by Crippen LogP contribution is -2.25. The molecular formula is C12H14ClNOS. The number of hydrogen-bond donors (Lipinski definition) is 1. The maximum Gasteiger partial charge on any atom is 0.228 e. The Morgan fingerprint density at radius 1 is 1.38 bits per heavy atom. The second kappa shape index (κ2) is 4.30. The molecular weight excluding hydrogens is 242 g/mol. The van der Waals surface area contributed by atoms with Gasteiger partial charge in [-0.05, 0) is 37.1 Å². The van der Waals surface area contributed by atoms with Crippen LogP contribution in [0.4, 0.5) is 5.69 Å². The van der Waals surface area contributed by atoms with E-state index >= 15 is 0 Å². The van der Waals surface area contributed by atoms with Gasteiger partial charge < -0.3 is 4.90 Å². The van der Waals surface area contributed by atoms with Crippen molar-refractivity contribution in [3.63, 3.8) is 0 Å². The van der Waals surface area contributed by atoms with Crippen LogP contribution in [0.25, 0.3) is 0 Å². The molecule has 1 aliphatic heterocycles. The maximum atomic E-state index is 11.8. The third kappa shape index (κ3) is 2.06. The number of carbonyl (C=O) groups is 1. The van der Waals surface area contributed by atoms with Crippen LogP contribution in [0.3, 0.4) is 0 Å². The van der Waals surface area contributed by atoms with E-state index in [1.165, 1.54) is 0 Å². The minimum absolute atomic E-state index is 0.142. The molecule has 0 aromatic heterocycles. The molecule has 0 spiro atoms. The molecule has 1 saturated heterocycles. The molecule has 86 valence electrons. The summed E-state index contributed by atoms with van der Waals surface area (Å²) in [5.74, 6) is 0.143. The van der Waals surface area contributed by atoms with Crippen LogP contribution < -0.4 is 4.90 Å². The van der Waals surface area contributed by atoms with Crippen LogP contribution in [-0.4, -0.2) is 17.7 Å². The highest BCUT2D eigenvalue weighted by molar-refractivity contribution is 7.81. The number of nitrogens with zero attached hydrogens (tertiary/aromatic N) is 1. The Kier molecular flexibility index (Phi) is 3.17. The van der Waals surface area contributed by atoms with Crippen molar-refractivity contribution >= 4 is 35.8 Å². The van der Waals surface area contributed by atoms with Crippen molar-refractivity contribution in [3.05, 3.63) is 28.3 Å². The maximum absolute atomic E-state index is 11.8. The molecule has 1 atom stereocenters. The molecule has 0 radical (unpaired) electrons. The number of anilines is 1. The summed E-state index contributed by atoms with van der Waals surface area (Å²) in [5, 5.41) is 0.887. The zero-order valence-corrected chi connectivity index (χ0v) is 11.0. The molecule has 0 saturated carbocycles. The van der Waals surface area contributed by atoms with Gasteiger partial charge in [-0.1, -0.05) is 11.6 Å². The first-order valence-electron chi connectivity index (χ1n) is 5.24. The Bertz CT molecular complexity index is 447. The molecule has 1 aromatic carbocycles. The Morgan fingerprint density at radius 2 is 2.06 bits per heavy atom. The summed E-state index contributed by atoms with van der Waals surface area (Å²) in [7, 11) is 0. The van der Waals surface area contributed by atoms with Crippen molar-refractivity contribution in [3.8, 4) is 0 Å². The van der Waals surface area contributed by atoms with Crippen molar-refractivity contribution in [2.75, 3.05) is 11.4 Å². The monoisotopic (exact) mass is 255 g/mol. The number of aryl methyl sites for hydroxylation is 2. The zero-order chi connectivity index (χ0) is 11.9. The number of rotatable bonds is 1. The number of amides is 1. The van der Waals surface area contributed by atoms with Crippen molar-refractivity contribution in [1.29, 1.82) is 0 Å². The summed E-state index contributed by atoms with van der Waals surface area (Å²) in [6.45, 7) is 4.60. The molecule has 1 amide bonds. The summed E-state index contributed by atoms with van der Waals surface area (Å²) >= 11 is 10.4. The second-order valence-electron chi connectivity index (χ2n) is 4.25. The van der Waals surface area contributed by atoms with Gasteiger partial charge in [0, 0.05) is 28.9 Å². The molecule has 1 aliphatic rings. The number of carbonyl (C=O) groups excluding carboxylic acids is 1. The predicted octanol–water partition coefficient (Wildman–Crippen LogP) is 2.99. The van der Waals surface area contributed by atoms with Crippen LogP contribution in [0.15, 0.2) is 12.1 Å². The van der Waals surface area contributed by atoms with Crippen LogP contribution in [0.1, 0.15) is 17.5 Å². The van der Waals surface area contributed by atoms with Gasteiger partial charge in [0.05, 0.1) is 0 Å². The van der Waals surface area contributed by atoms with Gasteiger partial charge in [-0.3, -0.25) is 4.79 Å². The van der Waals surface area contributed by atoms with E-state index in [2.05, 4.69) is 12.6 Å². The quantitative estimate of drug-likeness (QED) is 0.765. The predicted molar refractivity (Wildman–Crippen MR) is 70.7 cm³/mol. The molecule has 1 unspecified atom stereocenters. The van der Waals surface area contributed by atoms with E-state index in [9.17, 15) is 4.79 Å². The fourth-order valence-electron chi connectivity index (χ4n) is 1.98. The topological polar surface area (TPSA) is 20.3 Å². The van der Waals surface area contributed by atoms with E-state index in [0.29, 0.717) is 13.0 Å². The highest BCUT2D eigenvalue weighted by atomic mass is 35.5. The van der Waals surface area contributed by atoms with E-state index in [1.54, 1.807) is 4.90 Å². The number of benzene rings is 1. The fourth-order valence-corrected chi connectivity index (χ4v) is 2.52. The van der Waals surface area contributed by atoms with Crippen LogP contribution in [0, 0.1) is 13.8 Å². The van der Waals surface area contributed by atoms with Crippen molar-refractivity contribution in [2.45, 2.75) is 25.5 Å². The standard InChI is InChI=1S/C12H14ClNOS/c1-7-4-11(8(2)3-10(7)13)14-6-9(16)5-12(14)15/h3-4,9,16H,5-6H2,1-2H3. The van der Waals surface area contributed by atoms with E-state index in [-0.39, 0.29) is 11.2 Å². The second-order valence-corrected chi connectivity index (χ2v) is 5.39. The number of thiol groups is 1. The molecule has 0 N–H and O–H groups in total. The van der Waals surface area contributed by atoms with E-state index < -0.39 is 0 Å². The molecule has 0 bridgehead atoms. The molecule has 1 heterocycles. The first kappa shape index (κ1) is 11.8. The summed E-state index contributed by atoms with van der Waals surface area (Å²) < 4.78 is 0. The van der Waals surface area contributed by atoms with Crippen molar-refractivity contribution in [1.82, 2.24) is 0 Å². The molecule has 2 rings (SSSR count). The minimum Gasteiger partial charge on any atom is -0.311 e. The van der Waals surface area contributed by atoms with Gasteiger partial charge in [0.2, 0.25) is 5.91 Å². The van der Waals surface area contributed by atoms with Gasteiger partial charge in [0.25, 0.3) is 0 Å². The van der Waals surface area contributed by atoms with Crippen molar-refractivity contribution in [2.24, 2.45) is 0 Å². The van der Waals surface area contributed by atoms with Crippen LogP contribution in [0.2, 0.25) is 5.02 Å². The molecule has 2 nitrogen and oxygen atoms in total. The summed E-state index contributed by atoms with van der Waals surface area (Å²) in [6.07, 6.45) is 0.518. The lowest BCUT2D eigenvalue weighted by atomic mass is 10.1. The van der Waals surface area contributed by atoms with Gasteiger partial charge in [-0.15, -0.1) is 0 Å². The third-order valence-corrected chi connectivity index (χ3v) is 3.63. The van der Waals surface area contributed by atoms with Gasteiger partial charge in [0.15, 0.2) is 0 Å². The van der Waals surface area contributed by atoms with E-state index in [4.69, 9.17) is 11.6 Å². The summed E-state index contributed by atoms with van der Waals surface area (Å²) in [5.41, 5.74) is 2.99. The molecule has 0 aliphatic carbocycles. The SMILES string of the molecule is Cc1cc(N2CC(S)CC2=O)c(C)cc1Cl. The largest absolute Gasteiger partial charge is 0.311 e. The molecule has 1 fully saturated rings. The first-order chi connectivity index (χ1) is 7.49. The van der Waals surface area contributed by atoms with Gasteiger partial charge in [-0.25, -0.2) is 0 Å². The lowest BCUT2D eigenvalue weighted by Gasteiger charge is -2.19. The first-order valence-corrected chi connectivity index (χ1v) is 6.13. The smallest absolute Gasteiger partial charge is 0.228 e. The molecule has 16 heavy (non-hydrogen) atoms. The average Bonchev–Trinajstić information content (AvgIpc) is 2.51. The van der Waals surface area contributed by atoms with Crippen LogP contribution >= 0.6 is 24.2 Å². The van der Waals surface area contributed by atoms with Gasteiger partial charge in [0.1, 0.15) is 0 Å². The Morgan fingerprint density at radius 3 is 2.62 bits per heavy atom. The Balaban J connectivity index is 2.41. The number of halogens is 1. The minimum atomic E-state index is 0.142. The molecule has 1 aromatic rings. The highest BCUT2D eigenvalue weighted by Crippen LogP contribution is 2.30. The van der Waals surface area contributed by atoms with Gasteiger partial charge >= 0.3 is 0 Å². The highest BCUT2D eigenvalue weighted by Gasteiger charge is 2.29. The summed E-state index contributed by atoms with van der Waals surface area (Å²) in [4.78, 5) is 13.6. The van der Waals surface area contributed by atoms with Crippen LogP contribution in [-0.2, 0) is 4.79 Å². The lowest BCUT2D eigenvalue weighted by molar-refractivity contribution is -0.117. The molecule has 4 heteroatoms. The summed E-state index contributed by atoms with van der Waals surface area (Å²) in [6, 6.07) is 3.88. The fraction of sp³-hybridized carbons (Fsp3) is 0.417. The number of hydrogen-bond acceptors (Lipinski definition) is 2. The Labute approximate surface area is 106 Å². The van der Waals surface area contributed by atoms with E-state index in [1.807, 2.05) is 26.0 Å². The van der Waals surface area contributed by atoms with E-state index in [0.717, 1.165) is 21.8 Å². The van der Waals surface area contributed by atoms with Crippen molar-refractivity contribution < 1.29 is 4.79 Å². The third-order valence-electron chi connectivity index (χ3n) is 2.87. The Hall–Kier alpha value is -0.670. The average molecular weight is 256 g/mol. The van der Waals surface area contributed by atoms with Gasteiger partial charge in [-0.2, -0.15) is 12.6 Å².